The molecule has 0 rings (SSSR count). The summed E-state index contributed by atoms with van der Waals surface area (Å²) in [5.41, 5.74) is 0. The van der Waals surface area contributed by atoms with E-state index >= 15 is 0 Å². The molecule has 0 aromatic rings. The van der Waals surface area contributed by atoms with E-state index in [1.165, 1.54) is 83.5 Å². The van der Waals surface area contributed by atoms with Gasteiger partial charge in [-0.15, -0.1) is 0 Å². The van der Waals surface area contributed by atoms with Crippen LogP contribution in [0.3, 0.4) is 0 Å². The van der Waals surface area contributed by atoms with Gasteiger partial charge in [0.05, 0.1) is 6.61 Å². The summed E-state index contributed by atoms with van der Waals surface area (Å²) in [4.78, 5) is 0. The van der Waals surface area contributed by atoms with Gasteiger partial charge in [-0.1, -0.05) is 103 Å². The molecule has 0 aliphatic heterocycles. The second-order valence-corrected chi connectivity index (χ2v) is 8.81. The monoisotopic (exact) mass is 514 g/mol. The van der Waals surface area contributed by atoms with Crippen molar-refractivity contribution in [1.82, 2.24) is 0 Å². The Balaban J connectivity index is -0.000000252. The summed E-state index contributed by atoms with van der Waals surface area (Å²) in [7, 11) is -9.66. The van der Waals surface area contributed by atoms with Crippen LogP contribution >= 0.6 is 0 Å². The molecule has 8 nitrogen and oxygen atoms in total. The zero-order chi connectivity index (χ0) is 21.7. The molecule has 0 amide bonds. The number of rotatable bonds is 18. The van der Waals surface area contributed by atoms with Crippen molar-refractivity contribution in [2.75, 3.05) is 6.61 Å². The fourth-order valence-electron chi connectivity index (χ4n) is 2.81. The van der Waals surface area contributed by atoms with E-state index in [4.69, 9.17) is 17.5 Å². The van der Waals surface area contributed by atoms with E-state index in [9.17, 15) is 13.0 Å². The maximum absolute atomic E-state index is 10.2. The molecule has 0 spiro atoms. The first-order chi connectivity index (χ1) is 13.1. The van der Waals surface area contributed by atoms with Crippen molar-refractivity contribution in [1.29, 1.82) is 0 Å². The molecule has 0 atom stereocenters. The normalized spacial score (nSPS) is 10.7. The molecule has 0 saturated carbocycles. The van der Waals surface area contributed by atoms with Crippen LogP contribution in [0.1, 0.15) is 110 Å². The molecule has 13 heteroatoms. The third kappa shape index (κ3) is 59.8. The third-order valence-corrected chi connectivity index (χ3v) is 4.68. The van der Waals surface area contributed by atoms with Crippen LogP contribution in [-0.4, -0.2) is 37.1 Å². The van der Waals surface area contributed by atoms with E-state index in [0.717, 1.165) is 12.8 Å². The van der Waals surface area contributed by atoms with Crippen molar-refractivity contribution in [2.45, 2.75) is 110 Å². The van der Waals surface area contributed by atoms with E-state index in [-0.39, 0.29) is 95.3 Å². The summed E-state index contributed by atoms with van der Waals surface area (Å²) in [5.74, 6) is 0. The maximum atomic E-state index is 10.2. The van der Waals surface area contributed by atoms with E-state index in [1.54, 1.807) is 0 Å². The molecule has 0 aliphatic rings. The standard InChI is InChI=1S/C18H38O4S.3Na.H2O4S/c1-2-3-4-5-6-7-8-9-10-11-12-13-14-15-16-17-18-22-23(19,20)21;;;;1-5(2,3)4/h2-18H2,1H3,(H,19,20,21);;;;(H2,1,2,3,4)/q;3*+1;/p-3. The summed E-state index contributed by atoms with van der Waals surface area (Å²) in [5, 5.41) is 0. The van der Waals surface area contributed by atoms with E-state index in [0.29, 0.717) is 6.42 Å². The Bertz CT molecular complexity index is 524. The molecular formula is C18H37Na3O8S2. The van der Waals surface area contributed by atoms with Crippen LogP contribution in [0.4, 0.5) is 0 Å². The zero-order valence-corrected chi connectivity index (χ0v) is 27.7. The zero-order valence-electron chi connectivity index (χ0n) is 20.1. The molecule has 0 aromatic carbocycles. The largest absolute Gasteiger partial charge is 1.00 e. The number of hydrogen-bond donors (Lipinski definition) is 0. The second-order valence-electron chi connectivity index (χ2n) is 6.94. The molecule has 0 radical (unpaired) electrons. The van der Waals surface area contributed by atoms with E-state index in [1.807, 2.05) is 0 Å². The van der Waals surface area contributed by atoms with Gasteiger partial charge in [0.25, 0.3) is 0 Å². The van der Waals surface area contributed by atoms with Gasteiger partial charge in [-0.05, 0) is 6.42 Å². The molecule has 0 fully saturated rings. The van der Waals surface area contributed by atoms with Crippen LogP contribution in [0.15, 0.2) is 0 Å². The number of unbranched alkanes of at least 4 members (excludes halogenated alkanes) is 15. The van der Waals surface area contributed by atoms with Crippen LogP contribution in [0.5, 0.6) is 0 Å². The Labute approximate surface area is 257 Å². The van der Waals surface area contributed by atoms with Gasteiger partial charge in [0.2, 0.25) is 10.4 Å². The van der Waals surface area contributed by atoms with Crippen LogP contribution in [-0.2, 0) is 25.0 Å². The van der Waals surface area contributed by atoms with Crippen molar-refractivity contribution in [3.05, 3.63) is 0 Å². The molecule has 0 heterocycles. The average Bonchev–Trinajstić information content (AvgIpc) is 2.55. The molecule has 0 unspecified atom stereocenters. The summed E-state index contributed by atoms with van der Waals surface area (Å²) in [6.07, 6.45) is 20.3. The quantitative estimate of drug-likeness (QED) is 0.0769. The average molecular weight is 515 g/mol. The van der Waals surface area contributed by atoms with Crippen molar-refractivity contribution < 1.29 is 123 Å². The predicted molar refractivity (Wildman–Crippen MR) is 106 cm³/mol. The van der Waals surface area contributed by atoms with Gasteiger partial charge in [-0.3, -0.25) is 12.6 Å². The molecule has 172 valence electrons. The van der Waals surface area contributed by atoms with Gasteiger partial charge in [-0.25, -0.2) is 8.42 Å². The summed E-state index contributed by atoms with van der Waals surface area (Å²) >= 11 is 0. The molecule has 0 aromatic heterocycles. The SMILES string of the molecule is CCCCCCCCCCCCCCCCCCOS(=O)(=O)[O-].O=S(=O)([O-])[O-].[Na+].[Na+].[Na+]. The molecular weight excluding hydrogens is 477 g/mol. The molecule has 0 bridgehead atoms. The van der Waals surface area contributed by atoms with E-state index in [2.05, 4.69) is 11.1 Å². The summed E-state index contributed by atoms with van der Waals surface area (Å²) in [6, 6.07) is 0. The van der Waals surface area contributed by atoms with Crippen molar-refractivity contribution >= 4 is 20.8 Å². The Morgan fingerprint density at radius 2 is 0.742 bits per heavy atom. The van der Waals surface area contributed by atoms with Gasteiger partial charge in [0.15, 0.2) is 0 Å². The van der Waals surface area contributed by atoms with Gasteiger partial charge in [0, 0.05) is 10.4 Å². The molecule has 0 saturated heterocycles. The first-order valence-electron chi connectivity index (χ1n) is 10.3. The smallest absolute Gasteiger partial charge is 0.759 e. The van der Waals surface area contributed by atoms with Gasteiger partial charge in [0.1, 0.15) is 0 Å². The maximum Gasteiger partial charge on any atom is 1.00 e. The second kappa shape index (κ2) is 30.8. The van der Waals surface area contributed by atoms with Gasteiger partial charge < -0.3 is 13.7 Å². The Hall–Kier alpha value is 2.74. The fourth-order valence-corrected chi connectivity index (χ4v) is 3.13. The fraction of sp³-hybridized carbons (Fsp3) is 1.00. The first-order valence-corrected chi connectivity index (χ1v) is 13.0. The Morgan fingerprint density at radius 3 is 0.968 bits per heavy atom. The van der Waals surface area contributed by atoms with Gasteiger partial charge >= 0.3 is 88.7 Å². The van der Waals surface area contributed by atoms with Crippen molar-refractivity contribution in [3.63, 3.8) is 0 Å². The Morgan fingerprint density at radius 1 is 0.516 bits per heavy atom. The van der Waals surface area contributed by atoms with Crippen molar-refractivity contribution in [2.24, 2.45) is 0 Å². The number of hydrogen-bond acceptors (Lipinski definition) is 8. The summed E-state index contributed by atoms with van der Waals surface area (Å²) in [6.45, 7) is 2.29. The van der Waals surface area contributed by atoms with Crippen molar-refractivity contribution in [3.8, 4) is 0 Å². The molecule has 31 heavy (non-hydrogen) atoms. The predicted octanol–water partition coefficient (Wildman–Crippen LogP) is -4.60. The topological polar surface area (TPSA) is 147 Å². The van der Waals surface area contributed by atoms with E-state index < -0.39 is 20.8 Å². The molecule has 0 aliphatic carbocycles. The van der Waals surface area contributed by atoms with Crippen LogP contribution < -0.4 is 88.7 Å². The minimum atomic E-state index is -5.17. The van der Waals surface area contributed by atoms with Crippen LogP contribution in [0.25, 0.3) is 0 Å². The van der Waals surface area contributed by atoms with Crippen LogP contribution in [0.2, 0.25) is 0 Å². The third-order valence-electron chi connectivity index (χ3n) is 4.23. The van der Waals surface area contributed by atoms with Gasteiger partial charge in [-0.2, -0.15) is 0 Å². The minimum absolute atomic E-state index is 0. The first kappa shape index (κ1) is 43.8. The summed E-state index contributed by atoms with van der Waals surface area (Å²) < 4.78 is 68.9. The molecule has 0 N–H and O–H groups in total. The Kier molecular flexibility index (Phi) is 43.5. The minimum Gasteiger partial charge on any atom is -0.759 e. The van der Waals surface area contributed by atoms with Crippen LogP contribution in [0, 0.1) is 0 Å².